The van der Waals surface area contributed by atoms with Crippen LogP contribution in [0.15, 0.2) is 24.3 Å². The molecule has 0 aliphatic carbocycles. The lowest BCUT2D eigenvalue weighted by Gasteiger charge is -2.29. The molecule has 1 heteroatoms. The van der Waals surface area contributed by atoms with Gasteiger partial charge in [0.1, 0.15) is 0 Å². The van der Waals surface area contributed by atoms with Crippen LogP contribution in [-0.4, -0.2) is 6.54 Å². The minimum absolute atomic E-state index is 0.270. The van der Waals surface area contributed by atoms with Gasteiger partial charge in [0.2, 0.25) is 0 Å². The lowest BCUT2D eigenvalue weighted by Crippen LogP contribution is -2.35. The zero-order valence-electron chi connectivity index (χ0n) is 9.14. The Morgan fingerprint density at radius 2 is 2.29 bits per heavy atom. The molecule has 1 aromatic rings. The normalized spacial score (nSPS) is 26.7. The van der Waals surface area contributed by atoms with E-state index in [0.29, 0.717) is 0 Å². The van der Waals surface area contributed by atoms with Crippen LogP contribution in [0.5, 0.6) is 0 Å². The molecule has 1 aliphatic rings. The van der Waals surface area contributed by atoms with Crippen LogP contribution in [0.4, 0.5) is 0 Å². The first-order chi connectivity index (χ1) is 6.77. The Morgan fingerprint density at radius 3 is 2.86 bits per heavy atom. The molecule has 0 bridgehead atoms. The van der Waals surface area contributed by atoms with E-state index in [1.54, 1.807) is 0 Å². The second kappa shape index (κ2) is 3.74. The van der Waals surface area contributed by atoms with Gasteiger partial charge in [0, 0.05) is 5.54 Å². The van der Waals surface area contributed by atoms with Gasteiger partial charge in [-0.05, 0) is 38.3 Å². The van der Waals surface area contributed by atoms with Crippen molar-refractivity contribution in [3.63, 3.8) is 0 Å². The third kappa shape index (κ3) is 1.57. The second-order valence-electron chi connectivity index (χ2n) is 4.34. The quantitative estimate of drug-likeness (QED) is 0.754. The van der Waals surface area contributed by atoms with Crippen molar-refractivity contribution < 1.29 is 0 Å². The van der Waals surface area contributed by atoms with Gasteiger partial charge in [0.05, 0.1) is 0 Å². The van der Waals surface area contributed by atoms with E-state index in [4.69, 9.17) is 0 Å². The van der Waals surface area contributed by atoms with Crippen molar-refractivity contribution in [2.24, 2.45) is 0 Å². The maximum absolute atomic E-state index is 3.66. The highest BCUT2D eigenvalue weighted by atomic mass is 15.0. The standard InChI is InChI=1S/C13H19N/c1-3-13(8-5-9-14-13)12-7-4-6-11(2)10-12/h4,6-7,10,14H,3,5,8-9H2,1-2H3. The Bertz CT molecular complexity index is 311. The minimum Gasteiger partial charge on any atom is -0.307 e. The second-order valence-corrected chi connectivity index (χ2v) is 4.34. The molecule has 1 aromatic carbocycles. The van der Waals surface area contributed by atoms with Gasteiger partial charge >= 0.3 is 0 Å². The summed E-state index contributed by atoms with van der Waals surface area (Å²) in [5.74, 6) is 0. The fourth-order valence-electron chi connectivity index (χ4n) is 2.50. The molecule has 1 atom stereocenters. The minimum atomic E-state index is 0.270. The van der Waals surface area contributed by atoms with E-state index in [0.717, 1.165) is 0 Å². The summed E-state index contributed by atoms with van der Waals surface area (Å²) in [7, 11) is 0. The van der Waals surface area contributed by atoms with Crippen LogP contribution in [0.25, 0.3) is 0 Å². The van der Waals surface area contributed by atoms with Gasteiger partial charge < -0.3 is 5.32 Å². The summed E-state index contributed by atoms with van der Waals surface area (Å²) in [5.41, 5.74) is 3.10. The largest absolute Gasteiger partial charge is 0.307 e. The molecule has 0 spiro atoms. The van der Waals surface area contributed by atoms with E-state index >= 15 is 0 Å². The molecule has 1 nitrogen and oxygen atoms in total. The van der Waals surface area contributed by atoms with Crippen molar-refractivity contribution in [1.29, 1.82) is 0 Å². The van der Waals surface area contributed by atoms with Gasteiger partial charge in [-0.1, -0.05) is 36.8 Å². The van der Waals surface area contributed by atoms with Gasteiger partial charge in [-0.2, -0.15) is 0 Å². The number of hydrogen-bond acceptors (Lipinski definition) is 1. The lowest BCUT2D eigenvalue weighted by atomic mass is 9.85. The zero-order valence-corrected chi connectivity index (χ0v) is 9.14. The molecule has 0 saturated carbocycles. The van der Waals surface area contributed by atoms with E-state index in [1.165, 1.54) is 36.9 Å². The molecule has 1 aliphatic heterocycles. The van der Waals surface area contributed by atoms with E-state index in [1.807, 2.05) is 0 Å². The summed E-state index contributed by atoms with van der Waals surface area (Å²) in [4.78, 5) is 0. The van der Waals surface area contributed by atoms with Gasteiger partial charge in [0.15, 0.2) is 0 Å². The number of rotatable bonds is 2. The highest BCUT2D eigenvalue weighted by Gasteiger charge is 2.32. The summed E-state index contributed by atoms with van der Waals surface area (Å²) in [6, 6.07) is 8.92. The highest BCUT2D eigenvalue weighted by molar-refractivity contribution is 5.29. The van der Waals surface area contributed by atoms with Gasteiger partial charge in [-0.15, -0.1) is 0 Å². The molecule has 2 rings (SSSR count). The molecule has 0 amide bonds. The van der Waals surface area contributed by atoms with Crippen LogP contribution in [0, 0.1) is 6.92 Å². The van der Waals surface area contributed by atoms with Crippen molar-refractivity contribution in [1.82, 2.24) is 5.32 Å². The third-order valence-corrected chi connectivity index (χ3v) is 3.42. The van der Waals surface area contributed by atoms with Crippen molar-refractivity contribution in [3.05, 3.63) is 35.4 Å². The molecule has 1 saturated heterocycles. The van der Waals surface area contributed by atoms with Gasteiger partial charge in [-0.3, -0.25) is 0 Å². The molecule has 1 unspecified atom stereocenters. The van der Waals surface area contributed by atoms with Crippen molar-refractivity contribution in [3.8, 4) is 0 Å². The molecular formula is C13H19N. The summed E-state index contributed by atoms with van der Waals surface area (Å²) >= 11 is 0. The van der Waals surface area contributed by atoms with Crippen molar-refractivity contribution in [2.75, 3.05) is 6.54 Å². The maximum Gasteiger partial charge on any atom is 0.0432 e. The summed E-state index contributed by atoms with van der Waals surface area (Å²) < 4.78 is 0. The number of aryl methyl sites for hydroxylation is 1. The molecule has 1 N–H and O–H groups in total. The van der Waals surface area contributed by atoms with E-state index < -0.39 is 0 Å². The Hall–Kier alpha value is -0.820. The van der Waals surface area contributed by atoms with E-state index in [-0.39, 0.29) is 5.54 Å². The number of nitrogens with one attached hydrogen (secondary N) is 1. The van der Waals surface area contributed by atoms with Crippen LogP contribution in [0.1, 0.15) is 37.3 Å². The van der Waals surface area contributed by atoms with Crippen LogP contribution >= 0.6 is 0 Å². The van der Waals surface area contributed by atoms with Crippen molar-refractivity contribution >= 4 is 0 Å². The Morgan fingerprint density at radius 1 is 1.43 bits per heavy atom. The monoisotopic (exact) mass is 189 g/mol. The molecule has 1 heterocycles. The fourth-order valence-corrected chi connectivity index (χ4v) is 2.50. The smallest absolute Gasteiger partial charge is 0.0432 e. The summed E-state index contributed by atoms with van der Waals surface area (Å²) in [6.45, 7) is 5.62. The average molecular weight is 189 g/mol. The molecule has 0 aromatic heterocycles. The number of hydrogen-bond donors (Lipinski definition) is 1. The average Bonchev–Trinajstić information content (AvgIpc) is 2.67. The van der Waals surface area contributed by atoms with Gasteiger partial charge in [0.25, 0.3) is 0 Å². The van der Waals surface area contributed by atoms with Crippen molar-refractivity contribution in [2.45, 2.75) is 38.6 Å². The lowest BCUT2D eigenvalue weighted by molar-refractivity contribution is 0.376. The Balaban J connectivity index is 2.35. The SMILES string of the molecule is CCC1(c2cccc(C)c2)CCCN1. The van der Waals surface area contributed by atoms with Crippen LogP contribution in [0.3, 0.4) is 0 Å². The predicted octanol–water partition coefficient (Wildman–Crippen LogP) is 2.98. The van der Waals surface area contributed by atoms with Crippen LogP contribution in [-0.2, 0) is 5.54 Å². The first kappa shape index (κ1) is 9.72. The zero-order chi connectivity index (χ0) is 10.0. The molecule has 0 radical (unpaired) electrons. The topological polar surface area (TPSA) is 12.0 Å². The predicted molar refractivity (Wildman–Crippen MR) is 60.4 cm³/mol. The van der Waals surface area contributed by atoms with Crippen LogP contribution < -0.4 is 5.32 Å². The molecule has 14 heavy (non-hydrogen) atoms. The maximum atomic E-state index is 3.66. The molecule has 1 fully saturated rings. The van der Waals surface area contributed by atoms with E-state index in [2.05, 4.69) is 43.4 Å². The first-order valence-electron chi connectivity index (χ1n) is 5.59. The summed E-state index contributed by atoms with van der Waals surface area (Å²) in [5, 5.41) is 3.66. The van der Waals surface area contributed by atoms with E-state index in [9.17, 15) is 0 Å². The Kier molecular flexibility index (Phi) is 2.60. The van der Waals surface area contributed by atoms with Crippen LogP contribution in [0.2, 0.25) is 0 Å². The fraction of sp³-hybridized carbons (Fsp3) is 0.538. The molecule has 76 valence electrons. The van der Waals surface area contributed by atoms with Gasteiger partial charge in [-0.25, -0.2) is 0 Å². The summed E-state index contributed by atoms with van der Waals surface area (Å²) in [6.07, 6.45) is 3.78. The first-order valence-corrected chi connectivity index (χ1v) is 5.59. The Labute approximate surface area is 86.5 Å². The number of benzene rings is 1. The molecular weight excluding hydrogens is 170 g/mol. The third-order valence-electron chi connectivity index (χ3n) is 3.42. The highest BCUT2D eigenvalue weighted by Crippen LogP contribution is 2.34.